The van der Waals surface area contributed by atoms with Crippen LogP contribution in [0.1, 0.15) is 11.4 Å². The first-order valence-electron chi connectivity index (χ1n) is 4.28. The van der Waals surface area contributed by atoms with Crippen LogP contribution in [0.5, 0.6) is 0 Å². The molecule has 0 saturated carbocycles. The molecule has 1 heterocycles. The van der Waals surface area contributed by atoms with Gasteiger partial charge in [0.1, 0.15) is 11.6 Å². The van der Waals surface area contributed by atoms with Crippen LogP contribution < -0.4 is 4.43 Å². The zero-order chi connectivity index (χ0) is 11.7. The van der Waals surface area contributed by atoms with E-state index < -0.39 is 11.4 Å². The minimum absolute atomic E-state index is 0.0630. The first-order chi connectivity index (χ1) is 7.70. The Bertz CT molecular complexity index is 718. The highest BCUT2D eigenvalue weighted by Gasteiger charge is 2.21. The molecule has 0 saturated heterocycles. The Balaban J connectivity index is 3.15. The fourth-order valence-corrected chi connectivity index (χ4v) is 1.44. The summed E-state index contributed by atoms with van der Waals surface area (Å²) >= 11 is 0. The molecule has 0 aliphatic rings. The molecule has 1 aromatic heterocycles. The van der Waals surface area contributed by atoms with Crippen molar-refractivity contribution < 1.29 is 4.43 Å². The first-order valence-corrected chi connectivity index (χ1v) is 4.28. The minimum Gasteiger partial charge on any atom is -0.804 e. The topological polar surface area (TPSA) is 98.5 Å². The van der Waals surface area contributed by atoms with Crippen molar-refractivity contribution in [3.05, 3.63) is 45.8 Å². The average Bonchev–Trinajstić information content (AvgIpc) is 2.33. The van der Waals surface area contributed by atoms with Crippen LogP contribution in [0, 0.1) is 32.8 Å². The monoisotopic (exact) mass is 212 g/mol. The molecule has 0 aliphatic heterocycles. The molecule has 0 N–H and O–H groups in total. The first kappa shape index (κ1) is 9.69. The summed E-state index contributed by atoms with van der Waals surface area (Å²) in [5.74, 6) is 0. The molecule has 6 heteroatoms. The maximum atomic E-state index is 11.7. The second kappa shape index (κ2) is 3.37. The largest absolute Gasteiger partial charge is 0.804 e. The SMILES string of the molecule is N#Cc1c(C#N)[n+](=O)c2ccccc2n1[O-]. The third-order valence-corrected chi connectivity index (χ3v) is 2.16. The Kier molecular flexibility index (Phi) is 2.04. The van der Waals surface area contributed by atoms with Crippen LogP contribution in [0.3, 0.4) is 0 Å². The quantitative estimate of drug-likeness (QED) is 0.598. The third-order valence-electron chi connectivity index (χ3n) is 2.16. The van der Waals surface area contributed by atoms with Crippen molar-refractivity contribution in [2.45, 2.75) is 0 Å². The van der Waals surface area contributed by atoms with Gasteiger partial charge in [-0.2, -0.15) is 10.5 Å². The van der Waals surface area contributed by atoms with Gasteiger partial charge in [0.15, 0.2) is 6.07 Å². The Hall–Kier alpha value is -2.86. The lowest BCUT2D eigenvalue weighted by atomic mass is 10.2. The second-order valence-corrected chi connectivity index (χ2v) is 3.00. The Morgan fingerprint density at radius 2 is 1.94 bits per heavy atom. The van der Waals surface area contributed by atoms with Gasteiger partial charge in [-0.25, -0.2) is 0 Å². The van der Waals surface area contributed by atoms with E-state index in [0.717, 1.165) is 0 Å². The third kappa shape index (κ3) is 1.11. The summed E-state index contributed by atoms with van der Waals surface area (Å²) in [7, 11) is 0. The highest BCUT2D eigenvalue weighted by Crippen LogP contribution is 2.12. The van der Waals surface area contributed by atoms with Crippen LogP contribution in [-0.4, -0.2) is 4.73 Å². The maximum absolute atomic E-state index is 11.7. The summed E-state index contributed by atoms with van der Waals surface area (Å²) in [4.78, 5) is 11.7. The highest BCUT2D eigenvalue weighted by molar-refractivity contribution is 5.73. The van der Waals surface area contributed by atoms with Gasteiger partial charge in [0.05, 0.1) is 4.43 Å². The lowest BCUT2D eigenvalue weighted by Crippen LogP contribution is -2.25. The molecule has 0 bridgehead atoms. The predicted molar refractivity (Wildman–Crippen MR) is 53.5 cm³/mol. The molecule has 16 heavy (non-hydrogen) atoms. The predicted octanol–water partition coefficient (Wildman–Crippen LogP) is 0.645. The number of hydrogen-bond donors (Lipinski definition) is 0. The van der Waals surface area contributed by atoms with Crippen LogP contribution in [0.2, 0.25) is 0 Å². The van der Waals surface area contributed by atoms with Gasteiger partial charge in [-0.15, -0.1) is 0 Å². The van der Waals surface area contributed by atoms with Gasteiger partial charge in [0.2, 0.25) is 5.69 Å². The van der Waals surface area contributed by atoms with E-state index in [0.29, 0.717) is 9.16 Å². The van der Waals surface area contributed by atoms with E-state index in [1.807, 2.05) is 0 Å². The number of aromatic nitrogens is 2. The van der Waals surface area contributed by atoms with Gasteiger partial charge in [-0.05, 0) is 6.07 Å². The van der Waals surface area contributed by atoms with Crippen LogP contribution in [0.25, 0.3) is 11.0 Å². The lowest BCUT2D eigenvalue weighted by molar-refractivity contribution is -0.468. The molecule has 2 aromatic rings. The number of nitrogens with zero attached hydrogens (tertiary/aromatic N) is 4. The fraction of sp³-hybridized carbons (Fsp3) is 0. The van der Waals surface area contributed by atoms with Gasteiger partial charge in [-0.3, -0.25) is 0 Å². The summed E-state index contributed by atoms with van der Waals surface area (Å²) in [6.07, 6.45) is 0. The van der Waals surface area contributed by atoms with E-state index in [-0.39, 0.29) is 11.0 Å². The fourth-order valence-electron chi connectivity index (χ4n) is 1.44. The Labute approximate surface area is 89.4 Å². The summed E-state index contributed by atoms with van der Waals surface area (Å²) in [6, 6.07) is 9.09. The molecule has 76 valence electrons. The smallest absolute Gasteiger partial charge is 0.373 e. The highest BCUT2D eigenvalue weighted by atomic mass is 16.5. The van der Waals surface area contributed by atoms with Gasteiger partial charge < -0.3 is 9.94 Å². The number of benzene rings is 1. The van der Waals surface area contributed by atoms with E-state index in [1.165, 1.54) is 12.1 Å². The molecule has 0 spiro atoms. The number of para-hydroxylation sites is 2. The number of rotatable bonds is 0. The summed E-state index contributed by atoms with van der Waals surface area (Å²) < 4.78 is 0.588. The number of nitriles is 2. The van der Waals surface area contributed by atoms with Crippen molar-refractivity contribution in [2.24, 2.45) is 0 Å². The molecule has 0 amide bonds. The van der Waals surface area contributed by atoms with E-state index >= 15 is 0 Å². The maximum Gasteiger partial charge on any atom is 0.373 e. The summed E-state index contributed by atoms with van der Waals surface area (Å²) in [5, 5.41) is 29.2. The van der Waals surface area contributed by atoms with Crippen LogP contribution in [0.15, 0.2) is 24.3 Å². The summed E-state index contributed by atoms with van der Waals surface area (Å²) in [6.45, 7) is 0. The molecule has 0 unspecified atom stereocenters. The van der Waals surface area contributed by atoms with Crippen molar-refractivity contribution in [3.63, 3.8) is 0 Å². The molecule has 0 radical (unpaired) electrons. The van der Waals surface area contributed by atoms with E-state index in [4.69, 9.17) is 10.5 Å². The van der Waals surface area contributed by atoms with Gasteiger partial charge >= 0.3 is 5.69 Å². The van der Waals surface area contributed by atoms with Gasteiger partial charge in [0.25, 0.3) is 5.52 Å². The molecule has 0 aliphatic carbocycles. The van der Waals surface area contributed by atoms with Crippen molar-refractivity contribution in [1.29, 1.82) is 10.5 Å². The van der Waals surface area contributed by atoms with Crippen molar-refractivity contribution in [3.8, 4) is 12.1 Å². The molecule has 2 rings (SSSR count). The van der Waals surface area contributed by atoms with Gasteiger partial charge in [0, 0.05) is 11.0 Å². The van der Waals surface area contributed by atoms with Crippen LogP contribution in [0.4, 0.5) is 0 Å². The zero-order valence-corrected chi connectivity index (χ0v) is 7.91. The van der Waals surface area contributed by atoms with E-state index in [1.54, 1.807) is 24.3 Å². The molecule has 6 nitrogen and oxygen atoms in total. The standard InChI is InChI=1S/C10H4N4O2/c11-5-9-10(6-12)14(16)8-4-2-1-3-7(8)13(9)15/h1-4H. The minimum atomic E-state index is -0.490. The number of fused-ring (bicyclic) bond motifs is 1. The van der Waals surface area contributed by atoms with Crippen molar-refractivity contribution >= 4 is 11.0 Å². The Morgan fingerprint density at radius 3 is 2.56 bits per heavy atom. The van der Waals surface area contributed by atoms with Gasteiger partial charge in [-0.1, -0.05) is 12.1 Å². The average molecular weight is 212 g/mol. The molecule has 1 aromatic carbocycles. The normalized spacial score (nSPS) is 9.62. The summed E-state index contributed by atoms with van der Waals surface area (Å²) in [5.41, 5.74) is -0.853. The lowest BCUT2D eigenvalue weighted by Gasteiger charge is -2.12. The number of hydrogen-bond acceptors (Lipinski definition) is 4. The molecular weight excluding hydrogens is 208 g/mol. The molecule has 0 fully saturated rings. The van der Waals surface area contributed by atoms with Crippen LogP contribution in [-0.2, 0) is 0 Å². The second-order valence-electron chi connectivity index (χ2n) is 3.00. The van der Waals surface area contributed by atoms with Crippen molar-refractivity contribution in [2.75, 3.05) is 0 Å². The zero-order valence-electron chi connectivity index (χ0n) is 7.91. The van der Waals surface area contributed by atoms with Crippen molar-refractivity contribution in [1.82, 2.24) is 4.73 Å². The van der Waals surface area contributed by atoms with E-state index in [9.17, 15) is 10.1 Å². The molecule has 0 atom stereocenters. The van der Waals surface area contributed by atoms with Crippen LogP contribution >= 0.6 is 0 Å². The van der Waals surface area contributed by atoms with E-state index in [2.05, 4.69) is 0 Å². The Morgan fingerprint density at radius 1 is 1.25 bits per heavy atom. The molecular formula is C10H4N4O2.